The summed E-state index contributed by atoms with van der Waals surface area (Å²) in [5.74, 6) is 0. The molecule has 2 aromatic carbocycles. The highest BCUT2D eigenvalue weighted by atomic mass is 14.8. The molecule has 0 radical (unpaired) electrons. The van der Waals surface area contributed by atoms with Gasteiger partial charge in [-0.1, -0.05) is 43.3 Å². The number of nitrogens with one attached hydrogen (secondary N) is 2. The highest BCUT2D eigenvalue weighted by Crippen LogP contribution is 2.08. The van der Waals surface area contributed by atoms with E-state index in [1.165, 1.54) is 16.7 Å². The maximum absolute atomic E-state index is 3.50. The molecule has 2 heteroatoms. The van der Waals surface area contributed by atoms with E-state index < -0.39 is 0 Å². The first-order valence-corrected chi connectivity index (χ1v) is 7.37. The van der Waals surface area contributed by atoms with Gasteiger partial charge in [-0.25, -0.2) is 0 Å². The van der Waals surface area contributed by atoms with Crippen LogP contribution in [0.3, 0.4) is 0 Å². The van der Waals surface area contributed by atoms with Crippen LogP contribution in [0.15, 0.2) is 48.5 Å². The van der Waals surface area contributed by atoms with Crippen LogP contribution in [0, 0.1) is 0 Å². The van der Waals surface area contributed by atoms with Gasteiger partial charge in [0.05, 0.1) is 0 Å². The maximum Gasteiger partial charge on any atom is 0.0337 e. The van der Waals surface area contributed by atoms with Crippen LogP contribution in [0.2, 0.25) is 0 Å². The van der Waals surface area contributed by atoms with Gasteiger partial charge in [0.2, 0.25) is 0 Å². The summed E-state index contributed by atoms with van der Waals surface area (Å²) < 4.78 is 0. The molecular formula is C18H24N2. The van der Waals surface area contributed by atoms with Crippen molar-refractivity contribution in [2.75, 3.05) is 18.9 Å². The molecule has 20 heavy (non-hydrogen) atoms. The molecule has 0 aromatic heterocycles. The summed E-state index contributed by atoms with van der Waals surface area (Å²) in [6.07, 6.45) is 2.19. The van der Waals surface area contributed by atoms with E-state index in [0.29, 0.717) is 0 Å². The van der Waals surface area contributed by atoms with E-state index >= 15 is 0 Å². The molecule has 0 unspecified atom stereocenters. The minimum atomic E-state index is 0.928. The van der Waals surface area contributed by atoms with Gasteiger partial charge >= 0.3 is 0 Å². The molecule has 0 saturated heterocycles. The SMILES string of the molecule is CCc1ccc(CCNCc2ccc(NC)cc2)cc1. The molecule has 0 heterocycles. The minimum Gasteiger partial charge on any atom is -0.388 e. The molecule has 2 N–H and O–H groups in total. The number of hydrogen-bond acceptors (Lipinski definition) is 2. The van der Waals surface area contributed by atoms with Gasteiger partial charge in [-0.2, -0.15) is 0 Å². The van der Waals surface area contributed by atoms with Gasteiger partial charge in [-0.05, 0) is 48.2 Å². The van der Waals surface area contributed by atoms with Crippen molar-refractivity contribution in [3.63, 3.8) is 0 Å². The second-order valence-electron chi connectivity index (χ2n) is 5.04. The first-order chi connectivity index (χ1) is 9.81. The van der Waals surface area contributed by atoms with Gasteiger partial charge in [-0.3, -0.25) is 0 Å². The smallest absolute Gasteiger partial charge is 0.0337 e. The van der Waals surface area contributed by atoms with Gasteiger partial charge in [0.25, 0.3) is 0 Å². The Bertz CT molecular complexity index is 450. The fourth-order valence-electron chi connectivity index (χ4n) is 2.20. The normalized spacial score (nSPS) is 10.5. The van der Waals surface area contributed by atoms with Gasteiger partial charge in [0.15, 0.2) is 0 Å². The predicted molar refractivity (Wildman–Crippen MR) is 87.2 cm³/mol. The molecule has 2 nitrogen and oxygen atoms in total. The zero-order valence-electron chi connectivity index (χ0n) is 12.4. The summed E-state index contributed by atoms with van der Waals surface area (Å²) in [6.45, 7) is 4.13. The van der Waals surface area contributed by atoms with Crippen LogP contribution in [0.1, 0.15) is 23.6 Å². The molecule has 2 aromatic rings. The Hall–Kier alpha value is -1.80. The van der Waals surface area contributed by atoms with Gasteiger partial charge in [-0.15, -0.1) is 0 Å². The number of aryl methyl sites for hydroxylation is 1. The van der Waals surface area contributed by atoms with Gasteiger partial charge in [0.1, 0.15) is 0 Å². The molecule has 0 aliphatic heterocycles. The first-order valence-electron chi connectivity index (χ1n) is 7.37. The predicted octanol–water partition coefficient (Wildman–Crippen LogP) is 3.62. The third kappa shape index (κ3) is 4.39. The van der Waals surface area contributed by atoms with Gasteiger partial charge in [0, 0.05) is 19.3 Å². The maximum atomic E-state index is 3.50. The van der Waals surface area contributed by atoms with Crippen LogP contribution in [-0.4, -0.2) is 13.6 Å². The number of anilines is 1. The Balaban J connectivity index is 1.72. The Morgan fingerprint density at radius 2 is 1.40 bits per heavy atom. The Labute approximate surface area is 122 Å². The monoisotopic (exact) mass is 268 g/mol. The molecule has 2 rings (SSSR count). The number of hydrogen-bond donors (Lipinski definition) is 2. The molecule has 0 aliphatic rings. The molecule has 0 saturated carbocycles. The second kappa shape index (κ2) is 7.71. The minimum absolute atomic E-state index is 0.928. The quantitative estimate of drug-likeness (QED) is 0.749. The highest BCUT2D eigenvalue weighted by molar-refractivity contribution is 5.43. The Morgan fingerprint density at radius 1 is 0.800 bits per heavy atom. The van der Waals surface area contributed by atoms with Crippen LogP contribution in [0.5, 0.6) is 0 Å². The van der Waals surface area contributed by atoms with Crippen molar-refractivity contribution >= 4 is 5.69 Å². The summed E-state index contributed by atoms with van der Waals surface area (Å²) in [7, 11) is 1.94. The van der Waals surface area contributed by atoms with Crippen molar-refractivity contribution in [1.29, 1.82) is 0 Å². The van der Waals surface area contributed by atoms with E-state index in [0.717, 1.165) is 31.6 Å². The van der Waals surface area contributed by atoms with E-state index in [9.17, 15) is 0 Å². The topological polar surface area (TPSA) is 24.1 Å². The molecular weight excluding hydrogens is 244 g/mol. The number of rotatable bonds is 7. The fraction of sp³-hybridized carbons (Fsp3) is 0.333. The average molecular weight is 268 g/mol. The van der Waals surface area contributed by atoms with Crippen LogP contribution in [0.25, 0.3) is 0 Å². The van der Waals surface area contributed by atoms with Crippen LogP contribution in [0.4, 0.5) is 5.69 Å². The largest absolute Gasteiger partial charge is 0.388 e. The third-order valence-electron chi connectivity index (χ3n) is 3.59. The summed E-state index contributed by atoms with van der Waals surface area (Å²) in [6, 6.07) is 17.5. The van der Waals surface area contributed by atoms with Crippen molar-refractivity contribution in [1.82, 2.24) is 5.32 Å². The summed E-state index contributed by atoms with van der Waals surface area (Å²) >= 11 is 0. The van der Waals surface area contributed by atoms with Crippen molar-refractivity contribution < 1.29 is 0 Å². The molecule has 0 spiro atoms. The lowest BCUT2D eigenvalue weighted by Crippen LogP contribution is -2.16. The molecule has 0 amide bonds. The lowest BCUT2D eigenvalue weighted by Gasteiger charge is -2.07. The Kier molecular flexibility index (Phi) is 5.63. The van der Waals surface area contributed by atoms with Crippen molar-refractivity contribution in [3.05, 3.63) is 65.2 Å². The molecule has 0 fully saturated rings. The van der Waals surface area contributed by atoms with Crippen LogP contribution < -0.4 is 10.6 Å². The lowest BCUT2D eigenvalue weighted by molar-refractivity contribution is 0.687. The molecule has 0 atom stereocenters. The van der Waals surface area contributed by atoms with E-state index in [-0.39, 0.29) is 0 Å². The van der Waals surface area contributed by atoms with Crippen molar-refractivity contribution in [3.8, 4) is 0 Å². The zero-order valence-corrected chi connectivity index (χ0v) is 12.4. The summed E-state index contributed by atoms with van der Waals surface area (Å²) in [5, 5.41) is 6.63. The third-order valence-corrected chi connectivity index (χ3v) is 3.59. The second-order valence-corrected chi connectivity index (χ2v) is 5.04. The standard InChI is InChI=1S/C18H24N2/c1-3-15-4-6-16(7-5-15)12-13-20-14-17-8-10-18(19-2)11-9-17/h4-11,19-20H,3,12-14H2,1-2H3. The number of benzene rings is 2. The fourth-order valence-corrected chi connectivity index (χ4v) is 2.20. The first kappa shape index (κ1) is 14.6. The van der Waals surface area contributed by atoms with E-state index in [1.54, 1.807) is 0 Å². The molecule has 0 bridgehead atoms. The Morgan fingerprint density at radius 3 is 2.00 bits per heavy atom. The molecule has 0 aliphatic carbocycles. The zero-order chi connectivity index (χ0) is 14.2. The summed E-state index contributed by atoms with van der Waals surface area (Å²) in [4.78, 5) is 0. The van der Waals surface area contributed by atoms with E-state index in [4.69, 9.17) is 0 Å². The van der Waals surface area contributed by atoms with Crippen molar-refractivity contribution in [2.45, 2.75) is 26.3 Å². The van der Waals surface area contributed by atoms with Crippen LogP contribution in [-0.2, 0) is 19.4 Å². The van der Waals surface area contributed by atoms with Crippen molar-refractivity contribution in [2.24, 2.45) is 0 Å². The molecule has 106 valence electrons. The lowest BCUT2D eigenvalue weighted by atomic mass is 10.1. The van der Waals surface area contributed by atoms with Gasteiger partial charge < -0.3 is 10.6 Å². The average Bonchev–Trinajstić information content (AvgIpc) is 2.53. The van der Waals surface area contributed by atoms with E-state index in [2.05, 4.69) is 66.1 Å². The van der Waals surface area contributed by atoms with Crippen LogP contribution >= 0.6 is 0 Å². The highest BCUT2D eigenvalue weighted by Gasteiger charge is 1.96. The summed E-state index contributed by atoms with van der Waals surface area (Å²) in [5.41, 5.74) is 5.29. The van der Waals surface area contributed by atoms with E-state index in [1.807, 2.05) is 7.05 Å².